The smallest absolute Gasteiger partial charge is 0.343 e. The second-order valence-corrected chi connectivity index (χ2v) is 6.18. The van der Waals surface area contributed by atoms with Gasteiger partial charge in [-0.1, -0.05) is 54.1 Å². The fraction of sp³-hybridized carbons (Fsp3) is 0.200. The average Bonchev–Trinajstić information content (AvgIpc) is 2.94. The molecule has 0 aliphatic rings. The Kier molecular flexibility index (Phi) is 5.58. The van der Waals surface area contributed by atoms with Gasteiger partial charge in [0.2, 0.25) is 0 Å². The maximum Gasteiger partial charge on any atom is 0.343 e. The summed E-state index contributed by atoms with van der Waals surface area (Å²) in [7, 11) is 1.59. The highest BCUT2D eigenvalue weighted by molar-refractivity contribution is 6.32. The first-order valence-corrected chi connectivity index (χ1v) is 8.53. The molecule has 0 aliphatic heterocycles. The lowest BCUT2D eigenvalue weighted by molar-refractivity contribution is 0.0471. The van der Waals surface area contributed by atoms with Crippen molar-refractivity contribution in [1.82, 2.24) is 9.78 Å². The Morgan fingerprint density at radius 3 is 2.58 bits per heavy atom. The van der Waals surface area contributed by atoms with Gasteiger partial charge in [-0.05, 0) is 30.2 Å². The van der Waals surface area contributed by atoms with Crippen LogP contribution in [0.3, 0.4) is 0 Å². The van der Waals surface area contributed by atoms with Gasteiger partial charge in [0.15, 0.2) is 0 Å². The number of carbonyl (C=O) groups is 1. The van der Waals surface area contributed by atoms with E-state index in [-0.39, 0.29) is 11.8 Å². The minimum atomic E-state index is -0.491. The predicted molar refractivity (Wildman–Crippen MR) is 99.6 cm³/mol. The summed E-state index contributed by atoms with van der Waals surface area (Å²) < 4.78 is 12.2. The zero-order chi connectivity index (χ0) is 18.5. The van der Waals surface area contributed by atoms with Gasteiger partial charge in [-0.3, -0.25) is 0 Å². The van der Waals surface area contributed by atoms with Crippen LogP contribution in [-0.2, 0) is 17.9 Å². The topological polar surface area (TPSA) is 53.4 Å². The summed E-state index contributed by atoms with van der Waals surface area (Å²) in [6.45, 7) is 2.37. The Labute approximate surface area is 157 Å². The van der Waals surface area contributed by atoms with Crippen LogP contribution >= 0.6 is 11.6 Å². The van der Waals surface area contributed by atoms with E-state index in [0.717, 1.165) is 11.1 Å². The van der Waals surface area contributed by atoms with Crippen LogP contribution in [0.2, 0.25) is 5.15 Å². The molecule has 0 radical (unpaired) electrons. The summed E-state index contributed by atoms with van der Waals surface area (Å²) in [4.78, 5) is 12.5. The van der Waals surface area contributed by atoms with Gasteiger partial charge in [-0.2, -0.15) is 5.10 Å². The summed E-state index contributed by atoms with van der Waals surface area (Å²) in [5, 5.41) is 4.65. The van der Waals surface area contributed by atoms with Gasteiger partial charge in [0.05, 0.1) is 19.3 Å². The number of esters is 1. The lowest BCUT2D eigenvalue weighted by Crippen LogP contribution is -2.07. The van der Waals surface area contributed by atoms with Gasteiger partial charge in [0.1, 0.15) is 23.1 Å². The van der Waals surface area contributed by atoms with Gasteiger partial charge in [0.25, 0.3) is 0 Å². The van der Waals surface area contributed by atoms with Crippen LogP contribution < -0.4 is 4.74 Å². The van der Waals surface area contributed by atoms with Crippen LogP contribution in [0.4, 0.5) is 0 Å². The zero-order valence-electron chi connectivity index (χ0n) is 14.6. The lowest BCUT2D eigenvalue weighted by Gasteiger charge is -2.07. The van der Waals surface area contributed by atoms with Gasteiger partial charge in [-0.15, -0.1) is 0 Å². The van der Waals surface area contributed by atoms with E-state index >= 15 is 0 Å². The number of aryl methyl sites for hydroxylation is 1. The van der Waals surface area contributed by atoms with Crippen molar-refractivity contribution in [3.05, 3.63) is 82.1 Å². The molecule has 1 heterocycles. The molecule has 134 valence electrons. The third-order valence-electron chi connectivity index (χ3n) is 3.95. The molecule has 3 aromatic rings. The standard InChI is InChI=1S/C20H19ClN2O3/c1-14-18(19(21)23(22-14)12-15-7-4-3-5-8-15)20(24)26-13-16-9-6-10-17(11-16)25-2/h3-11H,12-13H2,1-2H3. The second-order valence-electron chi connectivity index (χ2n) is 5.82. The van der Waals surface area contributed by atoms with Crippen LogP contribution in [0.15, 0.2) is 54.6 Å². The Hall–Kier alpha value is -2.79. The third kappa shape index (κ3) is 4.06. The van der Waals surface area contributed by atoms with Crippen LogP contribution in [0.5, 0.6) is 5.75 Å². The fourth-order valence-corrected chi connectivity index (χ4v) is 2.94. The molecule has 0 amide bonds. The van der Waals surface area contributed by atoms with E-state index in [1.165, 1.54) is 0 Å². The largest absolute Gasteiger partial charge is 0.497 e. The van der Waals surface area contributed by atoms with Crippen molar-refractivity contribution in [2.45, 2.75) is 20.1 Å². The molecule has 0 atom stereocenters. The molecule has 1 aromatic heterocycles. The van der Waals surface area contributed by atoms with Gasteiger partial charge >= 0.3 is 5.97 Å². The molecule has 0 spiro atoms. The van der Waals surface area contributed by atoms with Crippen molar-refractivity contribution in [2.24, 2.45) is 0 Å². The second kappa shape index (κ2) is 8.06. The van der Waals surface area contributed by atoms with E-state index in [4.69, 9.17) is 21.1 Å². The maximum absolute atomic E-state index is 12.5. The molecule has 6 heteroatoms. The van der Waals surface area contributed by atoms with E-state index in [0.29, 0.717) is 23.6 Å². The van der Waals surface area contributed by atoms with Crippen molar-refractivity contribution in [3.63, 3.8) is 0 Å². The first-order chi connectivity index (χ1) is 12.6. The SMILES string of the molecule is COc1cccc(COC(=O)c2c(C)nn(Cc3ccccc3)c2Cl)c1. The van der Waals surface area contributed by atoms with Crippen molar-refractivity contribution in [2.75, 3.05) is 7.11 Å². The van der Waals surface area contributed by atoms with Crippen LogP contribution in [0, 0.1) is 6.92 Å². The van der Waals surface area contributed by atoms with Gasteiger partial charge < -0.3 is 9.47 Å². The number of hydrogen-bond acceptors (Lipinski definition) is 4. The number of ether oxygens (including phenoxy) is 2. The minimum absolute atomic E-state index is 0.135. The minimum Gasteiger partial charge on any atom is -0.497 e. The van der Waals surface area contributed by atoms with E-state index in [9.17, 15) is 4.79 Å². The normalized spacial score (nSPS) is 10.6. The fourth-order valence-electron chi connectivity index (χ4n) is 2.63. The molecular weight excluding hydrogens is 352 g/mol. The predicted octanol–water partition coefficient (Wildman–Crippen LogP) is 4.26. The number of benzene rings is 2. The van der Waals surface area contributed by atoms with Crippen LogP contribution in [-0.4, -0.2) is 22.9 Å². The molecule has 0 aliphatic carbocycles. The van der Waals surface area contributed by atoms with Crippen molar-refractivity contribution < 1.29 is 14.3 Å². The van der Waals surface area contributed by atoms with Crippen molar-refractivity contribution in [1.29, 1.82) is 0 Å². The van der Waals surface area contributed by atoms with Gasteiger partial charge in [0, 0.05) is 0 Å². The van der Waals surface area contributed by atoms with E-state index in [1.807, 2.05) is 54.6 Å². The molecule has 5 nitrogen and oxygen atoms in total. The molecule has 0 unspecified atom stereocenters. The number of methoxy groups -OCH3 is 1. The summed E-state index contributed by atoms with van der Waals surface area (Å²) in [6.07, 6.45) is 0. The molecule has 0 saturated carbocycles. The number of halogens is 1. The van der Waals surface area contributed by atoms with E-state index in [1.54, 1.807) is 18.7 Å². The monoisotopic (exact) mass is 370 g/mol. The van der Waals surface area contributed by atoms with Crippen molar-refractivity contribution in [3.8, 4) is 5.75 Å². The van der Waals surface area contributed by atoms with E-state index < -0.39 is 5.97 Å². The summed E-state index contributed by atoms with van der Waals surface area (Å²) in [5.74, 6) is 0.220. The number of rotatable bonds is 6. The highest BCUT2D eigenvalue weighted by atomic mass is 35.5. The summed E-state index contributed by atoms with van der Waals surface area (Å²) in [5.41, 5.74) is 2.73. The molecule has 0 N–H and O–H groups in total. The van der Waals surface area contributed by atoms with Gasteiger partial charge in [-0.25, -0.2) is 9.48 Å². The first-order valence-electron chi connectivity index (χ1n) is 8.15. The Morgan fingerprint density at radius 2 is 1.85 bits per heavy atom. The number of carbonyl (C=O) groups excluding carboxylic acids is 1. The molecule has 0 bridgehead atoms. The van der Waals surface area contributed by atoms with Crippen molar-refractivity contribution >= 4 is 17.6 Å². The summed E-state index contributed by atoms with van der Waals surface area (Å²) in [6, 6.07) is 17.2. The lowest BCUT2D eigenvalue weighted by atomic mass is 10.2. The number of nitrogens with zero attached hydrogens (tertiary/aromatic N) is 2. The highest BCUT2D eigenvalue weighted by Crippen LogP contribution is 2.23. The molecule has 0 saturated heterocycles. The Bertz CT molecular complexity index is 907. The van der Waals surface area contributed by atoms with Crippen LogP contribution in [0.1, 0.15) is 27.2 Å². The molecule has 2 aromatic carbocycles. The van der Waals surface area contributed by atoms with Crippen LogP contribution in [0.25, 0.3) is 0 Å². The number of hydrogen-bond donors (Lipinski definition) is 0. The number of aromatic nitrogens is 2. The first kappa shape index (κ1) is 18.0. The average molecular weight is 371 g/mol. The zero-order valence-corrected chi connectivity index (χ0v) is 15.4. The molecule has 3 rings (SSSR count). The highest BCUT2D eigenvalue weighted by Gasteiger charge is 2.22. The molecule has 26 heavy (non-hydrogen) atoms. The quantitative estimate of drug-likeness (QED) is 0.608. The molecular formula is C20H19ClN2O3. The summed E-state index contributed by atoms with van der Waals surface area (Å²) >= 11 is 6.38. The third-order valence-corrected chi connectivity index (χ3v) is 4.33. The Morgan fingerprint density at radius 1 is 1.12 bits per heavy atom. The maximum atomic E-state index is 12.5. The van der Waals surface area contributed by atoms with E-state index in [2.05, 4.69) is 5.10 Å². The molecule has 0 fully saturated rings. The Balaban J connectivity index is 1.73.